The van der Waals surface area contributed by atoms with Gasteiger partial charge in [-0.3, -0.25) is 14.7 Å². The summed E-state index contributed by atoms with van der Waals surface area (Å²) in [6.45, 7) is 2.19. The standard InChI is InChI=1S/C21H20F2N4O/c22-17-4-3-14(10-18(17)23)13-27-8-5-15(6-9-27)19-11-20(28)26-21(25-19)16-2-1-7-24-12-16/h1-4,7,10-12,15H,5-6,8-9,13H2,(H,25,26,28). The first-order valence-corrected chi connectivity index (χ1v) is 9.26. The van der Waals surface area contributed by atoms with Crippen LogP contribution in [-0.4, -0.2) is 32.9 Å². The number of aromatic nitrogens is 3. The van der Waals surface area contributed by atoms with E-state index in [0.717, 1.165) is 48.8 Å². The summed E-state index contributed by atoms with van der Waals surface area (Å²) in [4.78, 5) is 25.8. The van der Waals surface area contributed by atoms with Crippen LogP contribution < -0.4 is 5.56 Å². The van der Waals surface area contributed by atoms with Gasteiger partial charge in [0, 0.05) is 36.5 Å². The van der Waals surface area contributed by atoms with E-state index < -0.39 is 11.6 Å². The number of halogens is 2. The molecule has 0 atom stereocenters. The predicted octanol–water partition coefficient (Wildman–Crippen LogP) is 3.49. The molecule has 144 valence electrons. The Morgan fingerprint density at radius 3 is 2.64 bits per heavy atom. The summed E-state index contributed by atoms with van der Waals surface area (Å²) in [7, 11) is 0. The van der Waals surface area contributed by atoms with Gasteiger partial charge in [0.05, 0.1) is 5.69 Å². The van der Waals surface area contributed by atoms with Crippen molar-refractivity contribution in [3.63, 3.8) is 0 Å². The van der Waals surface area contributed by atoms with Crippen molar-refractivity contribution < 1.29 is 8.78 Å². The zero-order chi connectivity index (χ0) is 19.5. The number of pyridine rings is 1. The number of nitrogens with one attached hydrogen (secondary N) is 1. The van der Waals surface area contributed by atoms with Crippen molar-refractivity contribution >= 4 is 0 Å². The van der Waals surface area contributed by atoms with E-state index in [-0.39, 0.29) is 11.5 Å². The van der Waals surface area contributed by atoms with Crippen LogP contribution in [0.2, 0.25) is 0 Å². The molecular weight excluding hydrogens is 362 g/mol. The molecule has 0 spiro atoms. The van der Waals surface area contributed by atoms with Gasteiger partial charge >= 0.3 is 0 Å². The molecule has 0 aliphatic carbocycles. The third-order valence-electron chi connectivity index (χ3n) is 5.09. The second-order valence-electron chi connectivity index (χ2n) is 7.06. The molecule has 0 saturated carbocycles. The minimum Gasteiger partial charge on any atom is -0.306 e. The second-order valence-corrected chi connectivity index (χ2v) is 7.06. The van der Waals surface area contributed by atoms with E-state index in [2.05, 4.69) is 19.9 Å². The summed E-state index contributed by atoms with van der Waals surface area (Å²) in [6, 6.07) is 9.26. The number of piperidine rings is 1. The van der Waals surface area contributed by atoms with Crippen LogP contribution in [0.4, 0.5) is 8.78 Å². The number of likely N-dealkylation sites (tertiary alicyclic amines) is 1. The van der Waals surface area contributed by atoms with Crippen molar-refractivity contribution in [1.82, 2.24) is 19.9 Å². The van der Waals surface area contributed by atoms with Crippen LogP contribution in [-0.2, 0) is 6.54 Å². The zero-order valence-electron chi connectivity index (χ0n) is 15.2. The Bertz CT molecular complexity index is 1010. The number of hydrogen-bond acceptors (Lipinski definition) is 4. The molecule has 4 rings (SSSR count). The topological polar surface area (TPSA) is 61.9 Å². The van der Waals surface area contributed by atoms with Crippen LogP contribution in [0.25, 0.3) is 11.4 Å². The molecule has 1 aliphatic rings. The van der Waals surface area contributed by atoms with Gasteiger partial charge in [-0.25, -0.2) is 13.8 Å². The summed E-state index contributed by atoms with van der Waals surface area (Å²) >= 11 is 0. The lowest BCUT2D eigenvalue weighted by Crippen LogP contribution is -2.33. The van der Waals surface area contributed by atoms with E-state index >= 15 is 0 Å². The van der Waals surface area contributed by atoms with E-state index in [9.17, 15) is 13.6 Å². The highest BCUT2D eigenvalue weighted by molar-refractivity contribution is 5.52. The summed E-state index contributed by atoms with van der Waals surface area (Å²) in [5, 5.41) is 0. The highest BCUT2D eigenvalue weighted by Gasteiger charge is 2.23. The van der Waals surface area contributed by atoms with Gasteiger partial charge in [0.1, 0.15) is 5.82 Å². The van der Waals surface area contributed by atoms with Gasteiger partial charge in [-0.05, 0) is 55.8 Å². The van der Waals surface area contributed by atoms with Crippen molar-refractivity contribution in [2.45, 2.75) is 25.3 Å². The van der Waals surface area contributed by atoms with Gasteiger partial charge in [0.15, 0.2) is 11.6 Å². The fraction of sp³-hybridized carbons (Fsp3) is 0.286. The van der Waals surface area contributed by atoms with Crippen LogP contribution in [0.3, 0.4) is 0 Å². The molecule has 1 aromatic carbocycles. The first-order chi connectivity index (χ1) is 13.6. The molecule has 1 N–H and O–H groups in total. The van der Waals surface area contributed by atoms with Gasteiger partial charge in [-0.15, -0.1) is 0 Å². The van der Waals surface area contributed by atoms with Gasteiger partial charge in [0.2, 0.25) is 0 Å². The highest BCUT2D eigenvalue weighted by Crippen LogP contribution is 2.28. The van der Waals surface area contributed by atoms with E-state index in [1.165, 1.54) is 6.07 Å². The molecule has 3 aromatic rings. The Morgan fingerprint density at radius 1 is 1.11 bits per heavy atom. The summed E-state index contributed by atoms with van der Waals surface area (Å²) in [5.41, 5.74) is 2.14. The largest absolute Gasteiger partial charge is 0.306 e. The Labute approximate surface area is 161 Å². The van der Waals surface area contributed by atoms with Crippen LogP contribution in [0, 0.1) is 11.6 Å². The Hall–Kier alpha value is -2.93. The third-order valence-corrected chi connectivity index (χ3v) is 5.09. The molecule has 0 bridgehead atoms. The van der Waals surface area contributed by atoms with Crippen LogP contribution >= 0.6 is 0 Å². The Morgan fingerprint density at radius 2 is 1.93 bits per heavy atom. The minimum atomic E-state index is -0.827. The van der Waals surface area contributed by atoms with E-state index in [1.54, 1.807) is 30.6 Å². The lowest BCUT2D eigenvalue weighted by molar-refractivity contribution is 0.203. The average Bonchev–Trinajstić information content (AvgIpc) is 2.71. The maximum Gasteiger partial charge on any atom is 0.251 e. The molecule has 0 unspecified atom stereocenters. The Balaban J connectivity index is 1.44. The first-order valence-electron chi connectivity index (χ1n) is 9.26. The third kappa shape index (κ3) is 4.14. The van der Waals surface area contributed by atoms with Crippen molar-refractivity contribution in [2.75, 3.05) is 13.1 Å². The van der Waals surface area contributed by atoms with E-state index in [4.69, 9.17) is 0 Å². The van der Waals surface area contributed by atoms with Crippen molar-refractivity contribution in [1.29, 1.82) is 0 Å². The fourth-order valence-electron chi connectivity index (χ4n) is 3.61. The number of aromatic amines is 1. The van der Waals surface area contributed by atoms with Crippen molar-refractivity contribution in [2.24, 2.45) is 0 Å². The number of benzene rings is 1. The van der Waals surface area contributed by atoms with Gasteiger partial charge in [-0.2, -0.15) is 0 Å². The monoisotopic (exact) mass is 382 g/mol. The average molecular weight is 382 g/mol. The lowest BCUT2D eigenvalue weighted by atomic mass is 9.93. The molecule has 3 heterocycles. The molecule has 7 heteroatoms. The molecule has 0 radical (unpaired) electrons. The SMILES string of the molecule is O=c1cc(C2CCN(Cc3ccc(F)c(F)c3)CC2)nc(-c2cccnc2)[nH]1. The van der Waals surface area contributed by atoms with Crippen LogP contribution in [0.5, 0.6) is 0 Å². The highest BCUT2D eigenvalue weighted by atomic mass is 19.2. The van der Waals surface area contributed by atoms with Crippen LogP contribution in [0.15, 0.2) is 53.6 Å². The second kappa shape index (κ2) is 7.98. The number of nitrogens with zero attached hydrogens (tertiary/aromatic N) is 3. The fourth-order valence-corrected chi connectivity index (χ4v) is 3.61. The Kier molecular flexibility index (Phi) is 5.25. The molecule has 2 aromatic heterocycles. The van der Waals surface area contributed by atoms with Crippen molar-refractivity contribution in [3.8, 4) is 11.4 Å². The van der Waals surface area contributed by atoms with Crippen LogP contribution in [0.1, 0.15) is 30.0 Å². The molecule has 1 aliphatic heterocycles. The smallest absolute Gasteiger partial charge is 0.251 e. The molecular formula is C21H20F2N4O. The number of rotatable bonds is 4. The molecule has 28 heavy (non-hydrogen) atoms. The van der Waals surface area contributed by atoms with E-state index in [0.29, 0.717) is 12.4 Å². The lowest BCUT2D eigenvalue weighted by Gasteiger charge is -2.31. The molecule has 5 nitrogen and oxygen atoms in total. The maximum absolute atomic E-state index is 13.4. The molecule has 1 saturated heterocycles. The predicted molar refractivity (Wildman–Crippen MR) is 102 cm³/mol. The number of hydrogen-bond donors (Lipinski definition) is 1. The first kappa shape index (κ1) is 18.4. The van der Waals surface area contributed by atoms with Crippen molar-refractivity contribution in [3.05, 3.63) is 82.0 Å². The molecule has 1 fully saturated rings. The zero-order valence-corrected chi connectivity index (χ0v) is 15.2. The minimum absolute atomic E-state index is 0.173. The summed E-state index contributed by atoms with van der Waals surface area (Å²) < 4.78 is 26.5. The van der Waals surface area contributed by atoms with Gasteiger partial charge in [0.25, 0.3) is 5.56 Å². The number of H-pyrrole nitrogens is 1. The normalized spacial score (nSPS) is 15.6. The summed E-state index contributed by atoms with van der Waals surface area (Å²) in [6.07, 6.45) is 5.06. The van der Waals surface area contributed by atoms with E-state index in [1.807, 2.05) is 6.07 Å². The van der Waals surface area contributed by atoms with Gasteiger partial charge in [-0.1, -0.05) is 6.07 Å². The maximum atomic E-state index is 13.4. The quantitative estimate of drug-likeness (QED) is 0.750. The molecule has 0 amide bonds. The summed E-state index contributed by atoms with van der Waals surface area (Å²) in [5.74, 6) is -0.922. The van der Waals surface area contributed by atoms with Gasteiger partial charge < -0.3 is 4.98 Å².